The molecule has 0 aliphatic carbocycles. The Morgan fingerprint density at radius 3 is 2.96 bits per heavy atom. The largest absolute Gasteiger partial charge is 0.469 e. The molecule has 0 radical (unpaired) electrons. The van der Waals surface area contributed by atoms with Gasteiger partial charge in [0.25, 0.3) is 0 Å². The van der Waals surface area contributed by atoms with Gasteiger partial charge in [-0.2, -0.15) is 0 Å². The Morgan fingerprint density at radius 1 is 1.37 bits per heavy atom. The van der Waals surface area contributed by atoms with Gasteiger partial charge in [-0.25, -0.2) is 0 Å². The van der Waals surface area contributed by atoms with E-state index in [0.29, 0.717) is 18.9 Å². The summed E-state index contributed by atoms with van der Waals surface area (Å²) in [6, 6.07) is 3.88. The normalized spacial score (nSPS) is 23.1. The van der Waals surface area contributed by atoms with Gasteiger partial charge in [0.15, 0.2) is 5.96 Å². The molecule has 2 aliphatic rings. The van der Waals surface area contributed by atoms with Crippen LogP contribution >= 0.6 is 24.0 Å². The number of nitrogens with zero attached hydrogens (tertiary/aromatic N) is 2. The highest BCUT2D eigenvalue weighted by atomic mass is 127. The van der Waals surface area contributed by atoms with Crippen molar-refractivity contribution < 1.29 is 13.9 Å². The molecule has 8 heteroatoms. The molecular formula is C19H31IN4O3. The van der Waals surface area contributed by atoms with Crippen LogP contribution in [0.25, 0.3) is 0 Å². The van der Waals surface area contributed by atoms with E-state index < -0.39 is 0 Å². The van der Waals surface area contributed by atoms with Crippen LogP contribution in [0.5, 0.6) is 0 Å². The Labute approximate surface area is 178 Å². The van der Waals surface area contributed by atoms with E-state index in [1.165, 1.54) is 0 Å². The number of ether oxygens (including phenoxy) is 1. The molecule has 152 valence electrons. The van der Waals surface area contributed by atoms with Crippen LogP contribution in [0.4, 0.5) is 0 Å². The summed E-state index contributed by atoms with van der Waals surface area (Å²) in [5.74, 6) is 1.95. The molecule has 0 spiro atoms. The number of aliphatic imine (C=N–C) groups is 1. The van der Waals surface area contributed by atoms with Gasteiger partial charge in [-0.05, 0) is 43.7 Å². The molecule has 2 fully saturated rings. The molecule has 1 aromatic heterocycles. The van der Waals surface area contributed by atoms with E-state index in [1.54, 1.807) is 6.26 Å². The summed E-state index contributed by atoms with van der Waals surface area (Å²) in [7, 11) is 0. The quantitative estimate of drug-likeness (QED) is 0.347. The maximum Gasteiger partial charge on any atom is 0.217 e. The van der Waals surface area contributed by atoms with E-state index in [1.807, 2.05) is 12.1 Å². The lowest BCUT2D eigenvalue weighted by molar-refractivity contribution is -0.119. The molecule has 1 amide bonds. The molecular weight excluding hydrogens is 459 g/mol. The zero-order valence-corrected chi connectivity index (χ0v) is 18.1. The van der Waals surface area contributed by atoms with Crippen molar-refractivity contribution in [1.29, 1.82) is 0 Å². The molecule has 3 rings (SSSR count). The number of amides is 1. The molecule has 2 aliphatic heterocycles. The minimum absolute atomic E-state index is 0. The highest BCUT2D eigenvalue weighted by Gasteiger charge is 2.24. The zero-order valence-electron chi connectivity index (χ0n) is 15.8. The van der Waals surface area contributed by atoms with Gasteiger partial charge in [0, 0.05) is 39.1 Å². The fourth-order valence-corrected chi connectivity index (χ4v) is 3.71. The number of furan rings is 1. The predicted molar refractivity (Wildman–Crippen MR) is 115 cm³/mol. The van der Waals surface area contributed by atoms with Crippen molar-refractivity contribution in [2.24, 2.45) is 16.6 Å². The third-order valence-corrected chi connectivity index (χ3v) is 5.01. The Morgan fingerprint density at radius 2 is 2.26 bits per heavy atom. The third-order valence-electron chi connectivity index (χ3n) is 5.01. The molecule has 0 bridgehead atoms. The van der Waals surface area contributed by atoms with Gasteiger partial charge in [-0.1, -0.05) is 0 Å². The second-order valence-corrected chi connectivity index (χ2v) is 7.18. The number of carbonyl (C=O) groups is 1. The first-order chi connectivity index (χ1) is 12.7. The smallest absolute Gasteiger partial charge is 0.217 e. The van der Waals surface area contributed by atoms with Crippen LogP contribution < -0.4 is 11.1 Å². The SMILES string of the molecule is I.NC(=O)CC1CCCN(C(=NCC2CCCO2)NCCc2ccco2)C1. The number of likely N-dealkylation sites (tertiary alicyclic amines) is 1. The number of guanidine groups is 1. The Kier molecular flexibility index (Phi) is 9.40. The molecule has 3 heterocycles. The highest BCUT2D eigenvalue weighted by molar-refractivity contribution is 14.0. The van der Waals surface area contributed by atoms with E-state index in [4.69, 9.17) is 19.9 Å². The number of primary amides is 1. The minimum atomic E-state index is -0.222. The number of nitrogens with one attached hydrogen (secondary N) is 1. The fraction of sp³-hybridized carbons (Fsp3) is 0.684. The van der Waals surface area contributed by atoms with Crippen molar-refractivity contribution in [3.8, 4) is 0 Å². The van der Waals surface area contributed by atoms with Crippen molar-refractivity contribution in [2.45, 2.75) is 44.6 Å². The van der Waals surface area contributed by atoms with Crippen molar-refractivity contribution in [2.75, 3.05) is 32.8 Å². The first-order valence-electron chi connectivity index (χ1n) is 9.66. The molecule has 2 atom stereocenters. The molecule has 2 saturated heterocycles. The van der Waals surface area contributed by atoms with Gasteiger partial charge in [-0.15, -0.1) is 24.0 Å². The first kappa shape index (κ1) is 22.0. The van der Waals surface area contributed by atoms with E-state index >= 15 is 0 Å². The zero-order chi connectivity index (χ0) is 18.2. The first-order valence-corrected chi connectivity index (χ1v) is 9.66. The maximum atomic E-state index is 11.3. The van der Waals surface area contributed by atoms with Gasteiger partial charge < -0.3 is 25.1 Å². The summed E-state index contributed by atoms with van der Waals surface area (Å²) in [6.45, 7) is 4.05. The summed E-state index contributed by atoms with van der Waals surface area (Å²) in [5, 5.41) is 3.47. The van der Waals surface area contributed by atoms with E-state index in [9.17, 15) is 4.79 Å². The summed E-state index contributed by atoms with van der Waals surface area (Å²) in [6.07, 6.45) is 7.47. The Bertz CT molecular complexity index is 588. The second-order valence-electron chi connectivity index (χ2n) is 7.18. The van der Waals surface area contributed by atoms with Gasteiger partial charge in [0.1, 0.15) is 5.76 Å². The number of piperidine rings is 1. The van der Waals surface area contributed by atoms with Crippen molar-refractivity contribution in [3.05, 3.63) is 24.2 Å². The van der Waals surface area contributed by atoms with Gasteiger partial charge in [0.2, 0.25) is 5.91 Å². The molecule has 2 unspecified atom stereocenters. The van der Waals surface area contributed by atoms with Crippen molar-refractivity contribution in [3.63, 3.8) is 0 Å². The van der Waals surface area contributed by atoms with Crippen LogP contribution in [0, 0.1) is 5.92 Å². The average Bonchev–Trinajstić information content (AvgIpc) is 3.31. The van der Waals surface area contributed by atoms with Gasteiger partial charge in [-0.3, -0.25) is 9.79 Å². The minimum Gasteiger partial charge on any atom is -0.469 e. The lowest BCUT2D eigenvalue weighted by atomic mass is 9.95. The second kappa shape index (κ2) is 11.5. The van der Waals surface area contributed by atoms with Gasteiger partial charge >= 0.3 is 0 Å². The van der Waals surface area contributed by atoms with Crippen LogP contribution in [-0.4, -0.2) is 55.7 Å². The summed E-state index contributed by atoms with van der Waals surface area (Å²) < 4.78 is 11.1. The summed E-state index contributed by atoms with van der Waals surface area (Å²) >= 11 is 0. The molecule has 0 saturated carbocycles. The van der Waals surface area contributed by atoms with E-state index in [2.05, 4.69) is 10.2 Å². The van der Waals surface area contributed by atoms with Crippen molar-refractivity contribution >= 4 is 35.8 Å². The number of hydrogen-bond donors (Lipinski definition) is 2. The Hall–Kier alpha value is -1.29. The monoisotopic (exact) mass is 490 g/mol. The van der Waals surface area contributed by atoms with E-state index in [0.717, 1.165) is 70.1 Å². The number of halogens is 1. The average molecular weight is 490 g/mol. The van der Waals surface area contributed by atoms with Crippen molar-refractivity contribution in [1.82, 2.24) is 10.2 Å². The molecule has 0 aromatic carbocycles. The molecule has 7 nitrogen and oxygen atoms in total. The lowest BCUT2D eigenvalue weighted by Gasteiger charge is -2.35. The lowest BCUT2D eigenvalue weighted by Crippen LogP contribution is -2.48. The number of rotatable bonds is 7. The van der Waals surface area contributed by atoms with E-state index in [-0.39, 0.29) is 36.0 Å². The number of nitrogens with two attached hydrogens (primary N) is 1. The fourth-order valence-electron chi connectivity index (χ4n) is 3.71. The molecule has 27 heavy (non-hydrogen) atoms. The van der Waals surface area contributed by atoms with Crippen LogP contribution in [0.1, 0.15) is 37.9 Å². The number of carbonyl (C=O) groups excluding carboxylic acids is 1. The van der Waals surface area contributed by atoms with Crippen LogP contribution in [0.3, 0.4) is 0 Å². The summed E-state index contributed by atoms with van der Waals surface area (Å²) in [4.78, 5) is 18.4. The predicted octanol–water partition coefficient (Wildman–Crippen LogP) is 2.15. The summed E-state index contributed by atoms with van der Waals surface area (Å²) in [5.41, 5.74) is 5.39. The standard InChI is InChI=1S/C19H30N4O3.HI/c20-18(24)12-15-4-1-9-23(14-15)19(22-13-17-6-3-11-26-17)21-8-7-16-5-2-10-25-16;/h2,5,10,15,17H,1,3-4,6-9,11-14H2,(H2,20,24)(H,21,22);1H. The maximum absolute atomic E-state index is 11.3. The molecule has 1 aromatic rings. The Balaban J connectivity index is 0.00000261. The topological polar surface area (TPSA) is 93.1 Å². The molecule has 3 N–H and O–H groups in total. The van der Waals surface area contributed by atoms with Gasteiger partial charge in [0.05, 0.1) is 18.9 Å². The van der Waals surface area contributed by atoms with Crippen LogP contribution in [-0.2, 0) is 16.0 Å². The van der Waals surface area contributed by atoms with Crippen LogP contribution in [0.2, 0.25) is 0 Å². The highest BCUT2D eigenvalue weighted by Crippen LogP contribution is 2.20. The number of hydrogen-bond acceptors (Lipinski definition) is 4. The van der Waals surface area contributed by atoms with Crippen LogP contribution in [0.15, 0.2) is 27.8 Å². The third kappa shape index (κ3) is 7.33.